The lowest BCUT2D eigenvalue weighted by molar-refractivity contribution is 1.32. The van der Waals surface area contributed by atoms with Crippen LogP contribution in [0.2, 0.25) is 0 Å². The Morgan fingerprint density at radius 1 is 1.57 bits per heavy atom. The average molecular weight is 97.2 g/mol. The molecule has 0 aromatic rings. The Morgan fingerprint density at radius 2 is 2.14 bits per heavy atom. The third kappa shape index (κ3) is 5.28. The molecule has 0 saturated carbocycles. The van der Waals surface area contributed by atoms with Gasteiger partial charge in [-0.15, -0.1) is 0 Å². The van der Waals surface area contributed by atoms with Gasteiger partial charge in [-0.05, 0) is 19.9 Å². The van der Waals surface area contributed by atoms with Crippen molar-refractivity contribution in [2.45, 2.75) is 13.8 Å². The predicted molar refractivity (Wildman–Crippen MR) is 32.8 cm³/mol. The van der Waals surface area contributed by atoms with Crippen molar-refractivity contribution in [1.82, 2.24) is 0 Å². The molecule has 0 bridgehead atoms. The molecule has 0 atom stereocenters. The smallest absolute Gasteiger partial charge is 0.00487 e. The van der Waals surface area contributed by atoms with Crippen LogP contribution in [0.5, 0.6) is 0 Å². The zero-order chi connectivity index (χ0) is 5.70. The minimum absolute atomic E-state index is 0.845. The van der Waals surface area contributed by atoms with Gasteiger partial charge in [-0.2, -0.15) is 0 Å². The molecule has 0 radical (unpaired) electrons. The molecular weight excluding hydrogens is 86.1 g/mol. The molecule has 1 heteroatoms. The van der Waals surface area contributed by atoms with E-state index >= 15 is 0 Å². The van der Waals surface area contributed by atoms with Crippen molar-refractivity contribution in [2.75, 3.05) is 0 Å². The van der Waals surface area contributed by atoms with E-state index in [0.717, 1.165) is 5.70 Å². The number of nitrogens with two attached hydrogens (primary N) is 1. The molecule has 7 heavy (non-hydrogen) atoms. The van der Waals surface area contributed by atoms with Crippen LogP contribution in [-0.2, 0) is 0 Å². The maximum atomic E-state index is 5.29. The Kier molecular flexibility index (Phi) is 3.11. The summed E-state index contributed by atoms with van der Waals surface area (Å²) in [5, 5.41) is 0. The standard InChI is InChI=1S/C6H11N/c1-3-4-5-6(2)7/h3-5H,7H2,1-2H3/b4-3-,6-5+. The summed E-state index contributed by atoms with van der Waals surface area (Å²) in [7, 11) is 0. The van der Waals surface area contributed by atoms with Crippen LogP contribution in [0.3, 0.4) is 0 Å². The summed E-state index contributed by atoms with van der Waals surface area (Å²) < 4.78 is 0. The van der Waals surface area contributed by atoms with Crippen molar-refractivity contribution < 1.29 is 0 Å². The molecule has 40 valence electrons. The van der Waals surface area contributed by atoms with E-state index in [2.05, 4.69) is 0 Å². The highest BCUT2D eigenvalue weighted by atomic mass is 14.5. The highest BCUT2D eigenvalue weighted by Crippen LogP contribution is 1.79. The van der Waals surface area contributed by atoms with Gasteiger partial charge in [0, 0.05) is 5.70 Å². The summed E-state index contributed by atoms with van der Waals surface area (Å²) >= 11 is 0. The van der Waals surface area contributed by atoms with E-state index in [1.54, 1.807) is 0 Å². The normalized spacial score (nSPS) is 13.1. The fourth-order valence-electron chi connectivity index (χ4n) is 0.248. The maximum Gasteiger partial charge on any atom is 0.00487 e. The second-order valence-corrected chi connectivity index (χ2v) is 1.44. The lowest BCUT2D eigenvalue weighted by Crippen LogP contribution is -1.87. The summed E-state index contributed by atoms with van der Waals surface area (Å²) in [6, 6.07) is 0. The first-order chi connectivity index (χ1) is 3.27. The Morgan fingerprint density at radius 3 is 2.29 bits per heavy atom. The van der Waals surface area contributed by atoms with Crippen molar-refractivity contribution in [3.63, 3.8) is 0 Å². The fourth-order valence-corrected chi connectivity index (χ4v) is 0.248. The molecule has 0 amide bonds. The number of hydrogen-bond donors (Lipinski definition) is 1. The van der Waals surface area contributed by atoms with Crippen LogP contribution in [0.4, 0.5) is 0 Å². The molecule has 0 heterocycles. The number of hydrogen-bond acceptors (Lipinski definition) is 1. The molecule has 2 N–H and O–H groups in total. The van der Waals surface area contributed by atoms with Gasteiger partial charge in [-0.1, -0.05) is 12.2 Å². The summed E-state index contributed by atoms with van der Waals surface area (Å²) in [5.74, 6) is 0. The van der Waals surface area contributed by atoms with Crippen LogP contribution in [0.1, 0.15) is 13.8 Å². The van der Waals surface area contributed by atoms with Crippen LogP contribution in [0.25, 0.3) is 0 Å². The molecule has 0 aromatic carbocycles. The van der Waals surface area contributed by atoms with Gasteiger partial charge in [0.15, 0.2) is 0 Å². The largest absolute Gasteiger partial charge is 0.402 e. The van der Waals surface area contributed by atoms with E-state index < -0.39 is 0 Å². The zero-order valence-electron chi connectivity index (χ0n) is 4.81. The van der Waals surface area contributed by atoms with Crippen molar-refractivity contribution in [2.24, 2.45) is 5.73 Å². The first-order valence-electron chi connectivity index (χ1n) is 2.32. The van der Waals surface area contributed by atoms with Gasteiger partial charge in [0.2, 0.25) is 0 Å². The first kappa shape index (κ1) is 6.28. The van der Waals surface area contributed by atoms with Crippen LogP contribution < -0.4 is 5.73 Å². The van der Waals surface area contributed by atoms with Crippen LogP contribution >= 0.6 is 0 Å². The maximum absolute atomic E-state index is 5.29. The molecule has 1 nitrogen and oxygen atoms in total. The van der Waals surface area contributed by atoms with Crippen molar-refractivity contribution in [3.05, 3.63) is 23.9 Å². The molecule has 0 aliphatic heterocycles. The Labute approximate surface area is 44.5 Å². The zero-order valence-corrected chi connectivity index (χ0v) is 4.81. The second-order valence-electron chi connectivity index (χ2n) is 1.44. The van der Waals surface area contributed by atoms with Crippen LogP contribution in [-0.4, -0.2) is 0 Å². The lowest BCUT2D eigenvalue weighted by atomic mass is 10.4. The average Bonchev–Trinajstić information content (AvgIpc) is 1.61. The quantitative estimate of drug-likeness (QED) is 0.492. The van der Waals surface area contributed by atoms with E-state index in [1.807, 2.05) is 32.1 Å². The third-order valence-electron chi connectivity index (χ3n) is 0.552. The van der Waals surface area contributed by atoms with Gasteiger partial charge in [0.05, 0.1) is 0 Å². The van der Waals surface area contributed by atoms with Crippen molar-refractivity contribution >= 4 is 0 Å². The topological polar surface area (TPSA) is 26.0 Å². The molecule has 0 saturated heterocycles. The summed E-state index contributed by atoms with van der Waals surface area (Å²) in [5.41, 5.74) is 6.13. The lowest BCUT2D eigenvalue weighted by Gasteiger charge is -1.79. The van der Waals surface area contributed by atoms with E-state index in [4.69, 9.17) is 5.73 Å². The predicted octanol–water partition coefficient (Wildman–Crippen LogP) is 1.43. The van der Waals surface area contributed by atoms with Crippen molar-refractivity contribution in [3.8, 4) is 0 Å². The summed E-state index contributed by atoms with van der Waals surface area (Å²) in [4.78, 5) is 0. The number of allylic oxidation sites excluding steroid dienone is 4. The molecule has 0 aliphatic carbocycles. The van der Waals surface area contributed by atoms with Gasteiger partial charge in [0.25, 0.3) is 0 Å². The highest BCUT2D eigenvalue weighted by molar-refractivity contribution is 5.06. The Bertz CT molecular complexity index is 86.4. The fraction of sp³-hybridized carbons (Fsp3) is 0.333. The molecule has 0 rings (SSSR count). The van der Waals surface area contributed by atoms with E-state index in [0.29, 0.717) is 0 Å². The van der Waals surface area contributed by atoms with E-state index in [9.17, 15) is 0 Å². The monoisotopic (exact) mass is 97.1 g/mol. The van der Waals surface area contributed by atoms with E-state index in [-0.39, 0.29) is 0 Å². The molecular formula is C6H11N. The van der Waals surface area contributed by atoms with Crippen LogP contribution in [0, 0.1) is 0 Å². The van der Waals surface area contributed by atoms with Gasteiger partial charge >= 0.3 is 0 Å². The highest BCUT2D eigenvalue weighted by Gasteiger charge is 1.65. The van der Waals surface area contributed by atoms with Gasteiger partial charge < -0.3 is 5.73 Å². The minimum Gasteiger partial charge on any atom is -0.402 e. The molecule has 0 unspecified atom stereocenters. The minimum atomic E-state index is 0.845. The molecule has 0 spiro atoms. The number of rotatable bonds is 1. The Balaban J connectivity index is 3.46. The molecule has 0 aromatic heterocycles. The van der Waals surface area contributed by atoms with Gasteiger partial charge in [-0.3, -0.25) is 0 Å². The molecule has 0 aliphatic rings. The first-order valence-corrected chi connectivity index (χ1v) is 2.32. The Hall–Kier alpha value is -0.720. The molecule has 0 fully saturated rings. The van der Waals surface area contributed by atoms with Crippen LogP contribution in [0.15, 0.2) is 23.9 Å². The summed E-state index contributed by atoms with van der Waals surface area (Å²) in [6.07, 6.45) is 5.71. The van der Waals surface area contributed by atoms with E-state index in [1.165, 1.54) is 0 Å². The SMILES string of the molecule is C/C=C\C=C(/C)N. The van der Waals surface area contributed by atoms with Gasteiger partial charge in [-0.25, -0.2) is 0 Å². The van der Waals surface area contributed by atoms with Gasteiger partial charge in [0.1, 0.15) is 0 Å². The second kappa shape index (κ2) is 3.47. The van der Waals surface area contributed by atoms with Crippen molar-refractivity contribution in [1.29, 1.82) is 0 Å². The summed E-state index contributed by atoms with van der Waals surface area (Å²) in [6.45, 7) is 3.82. The third-order valence-corrected chi connectivity index (χ3v) is 0.552.